The van der Waals surface area contributed by atoms with E-state index in [1.807, 2.05) is 12.1 Å². The molecule has 2 amide bonds. The molecule has 0 saturated heterocycles. The Balaban J connectivity index is 2.34. The van der Waals surface area contributed by atoms with Crippen LogP contribution in [-0.2, 0) is 30.3 Å². The van der Waals surface area contributed by atoms with E-state index in [4.69, 9.17) is 20.9 Å². The van der Waals surface area contributed by atoms with Gasteiger partial charge in [0.05, 0.1) is 13.2 Å². The van der Waals surface area contributed by atoms with E-state index in [9.17, 15) is 19.2 Å². The SMILES string of the molecule is COC(=O)[C@@H]1C/C=C\COc2ccc(cc2)C[C@H](NC(C)=O)C(=O)C[C@H](CCCN=C(N)N)C(=O)N1. The lowest BCUT2D eigenvalue weighted by molar-refractivity contribution is -0.145. The molecular formula is C25H35N5O6. The molecule has 2 aliphatic rings. The molecule has 1 aromatic carbocycles. The van der Waals surface area contributed by atoms with Crippen LogP contribution in [0.1, 0.15) is 38.2 Å². The van der Waals surface area contributed by atoms with Gasteiger partial charge in [-0.05, 0) is 43.4 Å². The summed E-state index contributed by atoms with van der Waals surface area (Å²) < 4.78 is 10.5. The summed E-state index contributed by atoms with van der Waals surface area (Å²) in [7, 11) is 1.24. The molecule has 0 aliphatic carbocycles. The lowest BCUT2D eigenvalue weighted by Crippen LogP contribution is -2.46. The van der Waals surface area contributed by atoms with Gasteiger partial charge in [0, 0.05) is 25.8 Å². The Bertz CT molecular complexity index is 972. The van der Waals surface area contributed by atoms with Crippen LogP contribution in [-0.4, -0.2) is 61.9 Å². The molecule has 0 unspecified atom stereocenters. The Morgan fingerprint density at radius 3 is 2.53 bits per heavy atom. The number of Topliss-reactive ketones (excluding diaryl/α,β-unsaturated/α-hetero) is 1. The third-order valence-corrected chi connectivity index (χ3v) is 5.64. The van der Waals surface area contributed by atoms with Crippen LogP contribution in [0, 0.1) is 5.92 Å². The summed E-state index contributed by atoms with van der Waals surface area (Å²) in [6, 6.07) is 5.46. The van der Waals surface area contributed by atoms with Crippen molar-refractivity contribution in [2.45, 2.75) is 51.1 Å². The van der Waals surface area contributed by atoms with Crippen molar-refractivity contribution in [1.82, 2.24) is 10.6 Å². The molecular weight excluding hydrogens is 466 g/mol. The number of aliphatic imine (C=N–C) groups is 1. The first-order chi connectivity index (χ1) is 17.2. The number of ether oxygens (including phenoxy) is 2. The van der Waals surface area contributed by atoms with Crippen LogP contribution in [0.2, 0.25) is 0 Å². The number of amides is 2. The number of esters is 1. The van der Waals surface area contributed by atoms with Gasteiger partial charge in [0.2, 0.25) is 11.8 Å². The molecule has 0 radical (unpaired) electrons. The van der Waals surface area contributed by atoms with E-state index >= 15 is 0 Å². The zero-order valence-corrected chi connectivity index (χ0v) is 20.7. The smallest absolute Gasteiger partial charge is 0.328 e. The molecule has 0 aromatic heterocycles. The molecule has 36 heavy (non-hydrogen) atoms. The highest BCUT2D eigenvalue weighted by Gasteiger charge is 2.30. The summed E-state index contributed by atoms with van der Waals surface area (Å²) in [6.45, 7) is 1.88. The van der Waals surface area contributed by atoms with E-state index in [1.165, 1.54) is 14.0 Å². The van der Waals surface area contributed by atoms with Crippen molar-refractivity contribution in [3.8, 4) is 5.75 Å². The zero-order valence-electron chi connectivity index (χ0n) is 20.7. The molecule has 0 fully saturated rings. The Morgan fingerprint density at radius 2 is 1.89 bits per heavy atom. The van der Waals surface area contributed by atoms with E-state index < -0.39 is 29.9 Å². The third kappa shape index (κ3) is 9.77. The maximum atomic E-state index is 13.3. The summed E-state index contributed by atoms with van der Waals surface area (Å²) in [5.74, 6) is -1.93. The minimum Gasteiger partial charge on any atom is -0.490 e. The molecule has 3 rings (SSSR count). The number of nitrogens with two attached hydrogens (primary N) is 2. The fraction of sp³-hybridized carbons (Fsp3) is 0.480. The summed E-state index contributed by atoms with van der Waals surface area (Å²) >= 11 is 0. The van der Waals surface area contributed by atoms with Crippen molar-refractivity contribution in [1.29, 1.82) is 0 Å². The fourth-order valence-corrected chi connectivity index (χ4v) is 3.80. The number of fused-ring (bicyclic) bond motifs is 13. The summed E-state index contributed by atoms with van der Waals surface area (Å²) in [6.07, 6.45) is 4.51. The molecule has 0 saturated carbocycles. The molecule has 196 valence electrons. The maximum absolute atomic E-state index is 13.3. The van der Waals surface area contributed by atoms with Crippen LogP contribution in [0.15, 0.2) is 41.4 Å². The maximum Gasteiger partial charge on any atom is 0.328 e. The average molecular weight is 502 g/mol. The van der Waals surface area contributed by atoms with Gasteiger partial charge in [0.25, 0.3) is 0 Å². The van der Waals surface area contributed by atoms with Gasteiger partial charge in [-0.1, -0.05) is 24.3 Å². The molecule has 6 N–H and O–H groups in total. The Labute approximate surface area is 210 Å². The number of methoxy groups -OCH3 is 1. The van der Waals surface area contributed by atoms with E-state index in [0.717, 1.165) is 5.56 Å². The predicted octanol–water partition coefficient (Wildman–Crippen LogP) is 0.359. The summed E-state index contributed by atoms with van der Waals surface area (Å²) in [5, 5.41) is 5.40. The van der Waals surface area contributed by atoms with Gasteiger partial charge in [-0.3, -0.25) is 19.4 Å². The number of rotatable bonds is 6. The number of benzene rings is 1. The number of carbonyl (C=O) groups excluding carboxylic acids is 4. The van der Waals surface area contributed by atoms with Crippen molar-refractivity contribution in [3.63, 3.8) is 0 Å². The Kier molecular flexibility index (Phi) is 11.4. The van der Waals surface area contributed by atoms with Gasteiger partial charge in [0.1, 0.15) is 18.4 Å². The molecule has 2 heterocycles. The van der Waals surface area contributed by atoms with Crippen LogP contribution in [0.3, 0.4) is 0 Å². The predicted molar refractivity (Wildman–Crippen MR) is 134 cm³/mol. The monoisotopic (exact) mass is 501 g/mol. The molecule has 3 atom stereocenters. The highest BCUT2D eigenvalue weighted by molar-refractivity contribution is 5.93. The molecule has 0 spiro atoms. The van der Waals surface area contributed by atoms with Crippen molar-refractivity contribution >= 4 is 29.5 Å². The number of hydrogen-bond acceptors (Lipinski definition) is 7. The largest absolute Gasteiger partial charge is 0.490 e. The highest BCUT2D eigenvalue weighted by Crippen LogP contribution is 2.18. The Morgan fingerprint density at radius 1 is 1.17 bits per heavy atom. The highest BCUT2D eigenvalue weighted by atomic mass is 16.5. The second-order valence-corrected chi connectivity index (χ2v) is 8.52. The normalized spacial score (nSPS) is 21.9. The topological polar surface area (TPSA) is 175 Å². The van der Waals surface area contributed by atoms with Gasteiger partial charge in [-0.2, -0.15) is 0 Å². The number of hydrogen-bond donors (Lipinski definition) is 4. The summed E-state index contributed by atoms with van der Waals surface area (Å²) in [5.41, 5.74) is 11.6. The van der Waals surface area contributed by atoms with Crippen molar-refractivity contribution < 1.29 is 28.7 Å². The van der Waals surface area contributed by atoms with Crippen molar-refractivity contribution in [3.05, 3.63) is 42.0 Å². The third-order valence-electron chi connectivity index (χ3n) is 5.64. The lowest BCUT2D eigenvalue weighted by Gasteiger charge is -2.23. The van der Waals surface area contributed by atoms with Crippen LogP contribution in [0.4, 0.5) is 0 Å². The molecule has 1 aromatic rings. The zero-order chi connectivity index (χ0) is 26.5. The van der Waals surface area contributed by atoms with Gasteiger partial charge < -0.3 is 31.6 Å². The number of guanidine groups is 1. The molecule has 11 nitrogen and oxygen atoms in total. The second kappa shape index (κ2) is 14.5. The lowest BCUT2D eigenvalue weighted by atomic mass is 9.90. The average Bonchev–Trinajstić information content (AvgIpc) is 2.84. The van der Waals surface area contributed by atoms with Crippen LogP contribution in [0.25, 0.3) is 0 Å². The minimum absolute atomic E-state index is 0.0669. The van der Waals surface area contributed by atoms with E-state index in [2.05, 4.69) is 15.6 Å². The first-order valence-electron chi connectivity index (χ1n) is 11.8. The number of carbonyl (C=O) groups is 4. The Hall–Kier alpha value is -3.89. The van der Waals surface area contributed by atoms with Gasteiger partial charge in [-0.15, -0.1) is 0 Å². The molecule has 2 bridgehead atoms. The number of nitrogens with zero attached hydrogens (tertiary/aromatic N) is 1. The van der Waals surface area contributed by atoms with E-state index in [-0.39, 0.29) is 50.1 Å². The van der Waals surface area contributed by atoms with Gasteiger partial charge >= 0.3 is 5.97 Å². The van der Waals surface area contributed by atoms with E-state index in [0.29, 0.717) is 18.6 Å². The number of nitrogens with one attached hydrogen (secondary N) is 2. The van der Waals surface area contributed by atoms with Crippen molar-refractivity contribution in [2.24, 2.45) is 22.4 Å². The molecule has 2 aliphatic heterocycles. The molecule has 11 heteroatoms. The fourth-order valence-electron chi connectivity index (χ4n) is 3.80. The standard InChI is InChI=1S/C25H35N5O6/c1-16(31)29-21-14-17-8-10-19(11-9-17)36-13-4-3-7-20(24(34)35-2)30-23(33)18(15-22(21)32)6-5-12-28-25(26)27/h3-4,8-11,18,20-21H,5-7,12-15H2,1-2H3,(H,29,31)(H,30,33)(H4,26,27,28)/b4-3-/t18-,20-,21-/m0/s1. The quantitative estimate of drug-likeness (QED) is 0.142. The van der Waals surface area contributed by atoms with E-state index in [1.54, 1.807) is 24.3 Å². The van der Waals surface area contributed by atoms with Gasteiger partial charge in [0.15, 0.2) is 11.7 Å². The van der Waals surface area contributed by atoms with Gasteiger partial charge in [-0.25, -0.2) is 4.79 Å². The van der Waals surface area contributed by atoms with Crippen molar-refractivity contribution in [2.75, 3.05) is 20.3 Å². The summed E-state index contributed by atoms with van der Waals surface area (Å²) in [4.78, 5) is 54.5. The number of ketones is 1. The second-order valence-electron chi connectivity index (χ2n) is 8.52. The van der Waals surface area contributed by atoms with Crippen LogP contribution >= 0.6 is 0 Å². The minimum atomic E-state index is -0.935. The van der Waals surface area contributed by atoms with Crippen LogP contribution < -0.4 is 26.8 Å². The first-order valence-corrected chi connectivity index (χ1v) is 11.8. The first kappa shape index (κ1) is 28.3. The van der Waals surface area contributed by atoms with Crippen LogP contribution in [0.5, 0.6) is 5.75 Å².